The highest BCUT2D eigenvalue weighted by atomic mass is 19.4. The van der Waals surface area contributed by atoms with Gasteiger partial charge >= 0.3 is 12.1 Å². The van der Waals surface area contributed by atoms with E-state index in [1.54, 1.807) is 36.4 Å². The highest BCUT2D eigenvalue weighted by Gasteiger charge is 2.32. The van der Waals surface area contributed by atoms with E-state index in [9.17, 15) is 23.1 Å². The van der Waals surface area contributed by atoms with Crippen molar-refractivity contribution in [2.45, 2.75) is 24.8 Å². The molecule has 8 heteroatoms. The van der Waals surface area contributed by atoms with Gasteiger partial charge in [-0.25, -0.2) is 0 Å². The second kappa shape index (κ2) is 9.61. The Kier molecular flexibility index (Phi) is 6.91. The van der Waals surface area contributed by atoms with E-state index in [1.165, 1.54) is 31.6 Å². The SMILES string of the molecule is COc1ccc(C(C(=O)OCc2cccc(C(F)(F)F)c2)C(O)c2cccnc2)cc1. The molecular formula is C23H20F3NO4. The number of aliphatic hydroxyl groups is 1. The second-order valence-electron chi connectivity index (χ2n) is 6.79. The molecule has 2 unspecified atom stereocenters. The van der Waals surface area contributed by atoms with Crippen LogP contribution in [-0.2, 0) is 22.3 Å². The van der Waals surface area contributed by atoms with E-state index in [2.05, 4.69) is 4.98 Å². The molecule has 0 amide bonds. The van der Waals surface area contributed by atoms with Gasteiger partial charge < -0.3 is 14.6 Å². The lowest BCUT2D eigenvalue weighted by Crippen LogP contribution is -2.23. The van der Waals surface area contributed by atoms with E-state index in [0.717, 1.165) is 12.1 Å². The summed E-state index contributed by atoms with van der Waals surface area (Å²) in [6.45, 7) is -0.366. The molecule has 0 radical (unpaired) electrons. The minimum absolute atomic E-state index is 0.188. The van der Waals surface area contributed by atoms with Crippen molar-refractivity contribution in [2.24, 2.45) is 0 Å². The van der Waals surface area contributed by atoms with Gasteiger partial charge in [-0.2, -0.15) is 13.2 Å². The van der Waals surface area contributed by atoms with Gasteiger partial charge in [-0.1, -0.05) is 30.3 Å². The summed E-state index contributed by atoms with van der Waals surface area (Å²) in [4.78, 5) is 16.9. The predicted octanol–water partition coefficient (Wildman–Crippen LogP) is 4.67. The summed E-state index contributed by atoms with van der Waals surface area (Å²) in [5.74, 6) is -1.32. The number of rotatable bonds is 7. The van der Waals surface area contributed by atoms with Crippen LogP contribution in [0.1, 0.15) is 34.3 Å². The number of pyridine rings is 1. The molecule has 3 aromatic rings. The number of benzene rings is 2. The van der Waals surface area contributed by atoms with Crippen LogP contribution < -0.4 is 4.74 Å². The summed E-state index contributed by atoms with van der Waals surface area (Å²) in [5, 5.41) is 10.9. The fraction of sp³-hybridized carbons (Fsp3) is 0.217. The number of hydrogen-bond donors (Lipinski definition) is 1. The van der Waals surface area contributed by atoms with Crippen molar-refractivity contribution in [1.82, 2.24) is 4.98 Å². The van der Waals surface area contributed by atoms with Gasteiger partial charge in [-0.15, -0.1) is 0 Å². The Hall–Kier alpha value is -3.39. The molecule has 0 bridgehead atoms. The predicted molar refractivity (Wildman–Crippen MR) is 106 cm³/mol. The first-order chi connectivity index (χ1) is 14.8. The molecule has 2 aromatic carbocycles. The summed E-state index contributed by atoms with van der Waals surface area (Å²) in [6, 6.07) is 14.3. The average molecular weight is 431 g/mol. The number of aromatic nitrogens is 1. The van der Waals surface area contributed by atoms with Gasteiger partial charge in [-0.05, 0) is 41.5 Å². The minimum Gasteiger partial charge on any atom is -0.497 e. The minimum atomic E-state index is -4.50. The number of ether oxygens (including phenoxy) is 2. The lowest BCUT2D eigenvalue weighted by atomic mass is 9.89. The Labute approximate surface area is 177 Å². The number of carbonyl (C=O) groups excluding carboxylic acids is 1. The zero-order valence-electron chi connectivity index (χ0n) is 16.5. The zero-order chi connectivity index (χ0) is 22.4. The molecule has 31 heavy (non-hydrogen) atoms. The van der Waals surface area contributed by atoms with Crippen LogP contribution in [0, 0.1) is 0 Å². The van der Waals surface area contributed by atoms with E-state index in [1.807, 2.05) is 0 Å². The molecule has 1 aromatic heterocycles. The molecule has 162 valence electrons. The van der Waals surface area contributed by atoms with E-state index < -0.39 is 29.7 Å². The molecule has 0 aliphatic carbocycles. The van der Waals surface area contributed by atoms with E-state index in [-0.39, 0.29) is 12.2 Å². The van der Waals surface area contributed by atoms with Crippen molar-refractivity contribution < 1.29 is 32.5 Å². The van der Waals surface area contributed by atoms with Gasteiger partial charge in [0.25, 0.3) is 0 Å². The summed E-state index contributed by atoms with van der Waals surface area (Å²) < 4.78 is 49.2. The maximum absolute atomic E-state index is 12.9. The monoisotopic (exact) mass is 431 g/mol. The molecule has 3 rings (SSSR count). The first-order valence-corrected chi connectivity index (χ1v) is 9.34. The maximum atomic E-state index is 12.9. The van der Waals surface area contributed by atoms with Crippen LogP contribution in [0.2, 0.25) is 0 Å². The number of alkyl halides is 3. The largest absolute Gasteiger partial charge is 0.497 e. The lowest BCUT2D eigenvalue weighted by Gasteiger charge is -2.22. The molecule has 1 heterocycles. The third kappa shape index (κ3) is 5.61. The smallest absolute Gasteiger partial charge is 0.416 e. The van der Waals surface area contributed by atoms with Crippen LogP contribution in [0.15, 0.2) is 73.1 Å². The Morgan fingerprint density at radius 3 is 2.42 bits per heavy atom. The molecule has 0 aliphatic rings. The van der Waals surface area contributed by atoms with Gasteiger partial charge in [0.2, 0.25) is 0 Å². The molecule has 5 nitrogen and oxygen atoms in total. The van der Waals surface area contributed by atoms with E-state index >= 15 is 0 Å². The topological polar surface area (TPSA) is 68.7 Å². The highest BCUT2D eigenvalue weighted by Crippen LogP contribution is 2.34. The fourth-order valence-corrected chi connectivity index (χ4v) is 3.08. The van der Waals surface area contributed by atoms with Crippen molar-refractivity contribution in [3.63, 3.8) is 0 Å². The Morgan fingerprint density at radius 1 is 1.06 bits per heavy atom. The third-order valence-electron chi connectivity index (χ3n) is 4.71. The number of halogens is 3. The number of esters is 1. The average Bonchev–Trinajstić information content (AvgIpc) is 2.78. The Morgan fingerprint density at radius 2 is 1.81 bits per heavy atom. The molecule has 0 fully saturated rings. The quantitative estimate of drug-likeness (QED) is 0.551. The first kappa shape index (κ1) is 22.3. The van der Waals surface area contributed by atoms with Crippen molar-refractivity contribution >= 4 is 5.97 Å². The summed E-state index contributed by atoms with van der Waals surface area (Å²) in [7, 11) is 1.50. The van der Waals surface area contributed by atoms with Crippen molar-refractivity contribution in [3.05, 3.63) is 95.3 Å². The van der Waals surface area contributed by atoms with Crippen LogP contribution in [-0.4, -0.2) is 23.2 Å². The molecule has 0 aliphatic heterocycles. The highest BCUT2D eigenvalue weighted by molar-refractivity contribution is 5.79. The Bertz CT molecular complexity index is 1010. The molecule has 0 spiro atoms. The van der Waals surface area contributed by atoms with Gasteiger partial charge in [0.05, 0.1) is 18.8 Å². The van der Waals surface area contributed by atoms with Crippen molar-refractivity contribution in [1.29, 1.82) is 0 Å². The lowest BCUT2D eigenvalue weighted by molar-refractivity contribution is -0.149. The fourth-order valence-electron chi connectivity index (χ4n) is 3.08. The van der Waals surface area contributed by atoms with Gasteiger partial charge in [-0.3, -0.25) is 9.78 Å². The van der Waals surface area contributed by atoms with Gasteiger partial charge in [0.15, 0.2) is 0 Å². The van der Waals surface area contributed by atoms with Crippen LogP contribution in [0.5, 0.6) is 5.75 Å². The number of methoxy groups -OCH3 is 1. The van der Waals surface area contributed by atoms with Gasteiger partial charge in [0, 0.05) is 18.0 Å². The molecule has 0 saturated carbocycles. The molecule has 0 saturated heterocycles. The first-order valence-electron chi connectivity index (χ1n) is 9.34. The maximum Gasteiger partial charge on any atom is 0.416 e. The summed E-state index contributed by atoms with van der Waals surface area (Å²) >= 11 is 0. The normalized spacial score (nSPS) is 13.3. The Balaban J connectivity index is 1.84. The van der Waals surface area contributed by atoms with Crippen molar-refractivity contribution in [3.8, 4) is 5.75 Å². The second-order valence-corrected chi connectivity index (χ2v) is 6.79. The van der Waals surface area contributed by atoms with Crippen LogP contribution in [0.4, 0.5) is 13.2 Å². The van der Waals surface area contributed by atoms with E-state index in [0.29, 0.717) is 16.9 Å². The van der Waals surface area contributed by atoms with Crippen molar-refractivity contribution in [2.75, 3.05) is 7.11 Å². The van der Waals surface area contributed by atoms with Crippen LogP contribution in [0.3, 0.4) is 0 Å². The standard InChI is InChI=1S/C23H20F3NO4/c1-30-19-9-7-16(8-10-19)20(21(28)17-5-3-11-27-13-17)22(29)31-14-15-4-2-6-18(12-15)23(24,25)26/h2-13,20-21,28H,14H2,1H3. The molecule has 1 N–H and O–H groups in total. The van der Waals surface area contributed by atoms with Crippen LogP contribution in [0.25, 0.3) is 0 Å². The molecular weight excluding hydrogens is 411 g/mol. The number of aliphatic hydroxyl groups excluding tert-OH is 1. The third-order valence-corrected chi connectivity index (χ3v) is 4.71. The van der Waals surface area contributed by atoms with Gasteiger partial charge in [0.1, 0.15) is 18.3 Å². The number of hydrogen-bond acceptors (Lipinski definition) is 5. The summed E-state index contributed by atoms with van der Waals surface area (Å²) in [5.41, 5.74) is 0.223. The summed E-state index contributed by atoms with van der Waals surface area (Å²) in [6.07, 6.45) is -2.80. The van der Waals surface area contributed by atoms with Crippen LogP contribution >= 0.6 is 0 Å². The number of nitrogens with zero attached hydrogens (tertiary/aromatic N) is 1. The molecule has 2 atom stereocenters. The van der Waals surface area contributed by atoms with E-state index in [4.69, 9.17) is 9.47 Å². The zero-order valence-corrected chi connectivity index (χ0v) is 16.5. The number of carbonyl (C=O) groups is 1.